The molecule has 3 nitrogen and oxygen atoms in total. The zero-order valence-electron chi connectivity index (χ0n) is 13.7. The van der Waals surface area contributed by atoms with E-state index in [0.29, 0.717) is 15.6 Å². The Hall–Kier alpha value is -1.81. The number of halogens is 2. The molecule has 0 bridgehead atoms. The Bertz CT molecular complexity index is 779. The van der Waals surface area contributed by atoms with Crippen LogP contribution in [0.5, 0.6) is 0 Å². The number of aliphatic hydroxyl groups excluding tert-OH is 1. The van der Waals surface area contributed by atoms with Gasteiger partial charge in [0.25, 0.3) is 0 Å². The molecule has 2 aromatic carbocycles. The van der Waals surface area contributed by atoms with Gasteiger partial charge in [-0.3, -0.25) is 4.79 Å². The first-order valence-corrected chi connectivity index (χ1v) is 8.99. The summed E-state index contributed by atoms with van der Waals surface area (Å²) in [4.78, 5) is 14.5. The summed E-state index contributed by atoms with van der Waals surface area (Å²) in [6, 6.07) is 12.8. The van der Waals surface area contributed by atoms with Gasteiger partial charge < -0.3 is 10.0 Å². The Morgan fingerprint density at radius 1 is 1.04 bits per heavy atom. The average molecular weight is 376 g/mol. The maximum absolute atomic E-state index is 12.3. The number of aliphatic hydroxyl groups is 1. The number of benzene rings is 2. The third-order valence-corrected chi connectivity index (χ3v) is 5.09. The van der Waals surface area contributed by atoms with Crippen LogP contribution in [-0.2, 0) is 0 Å². The highest BCUT2D eigenvalue weighted by atomic mass is 35.5. The predicted molar refractivity (Wildman–Crippen MR) is 104 cm³/mol. The minimum atomic E-state index is -0.191. The molecule has 0 unspecified atom stereocenters. The van der Waals surface area contributed by atoms with Gasteiger partial charge in [-0.15, -0.1) is 0 Å². The van der Waals surface area contributed by atoms with E-state index in [4.69, 9.17) is 23.2 Å². The van der Waals surface area contributed by atoms with Crippen molar-refractivity contribution in [2.24, 2.45) is 0 Å². The number of hydrogen-bond donors (Lipinski definition) is 1. The second-order valence-electron chi connectivity index (χ2n) is 6.14. The summed E-state index contributed by atoms with van der Waals surface area (Å²) in [5.41, 5.74) is 2.54. The number of hydrogen-bond acceptors (Lipinski definition) is 3. The van der Waals surface area contributed by atoms with Gasteiger partial charge in [0, 0.05) is 24.3 Å². The molecule has 3 rings (SSSR count). The summed E-state index contributed by atoms with van der Waals surface area (Å²) >= 11 is 11.9. The Labute approximate surface area is 157 Å². The van der Waals surface area contributed by atoms with Gasteiger partial charge in [-0.2, -0.15) is 0 Å². The van der Waals surface area contributed by atoms with Crippen LogP contribution in [0, 0.1) is 0 Å². The molecule has 25 heavy (non-hydrogen) atoms. The standard InChI is InChI=1S/C20H19Cl2NO2/c21-18-7-1-14(13-19(18)22)2-8-20(25)15-3-5-16(6-4-15)23-11-9-17(24)10-12-23/h1-8,13,17,24H,9-12H2. The minimum absolute atomic E-state index is 0.0633. The van der Waals surface area contributed by atoms with Gasteiger partial charge in [-0.05, 0) is 60.9 Å². The van der Waals surface area contributed by atoms with Gasteiger partial charge in [0.1, 0.15) is 0 Å². The van der Waals surface area contributed by atoms with Crippen LogP contribution in [0.2, 0.25) is 10.0 Å². The molecule has 0 aromatic heterocycles. The molecule has 0 saturated carbocycles. The maximum Gasteiger partial charge on any atom is 0.185 e. The van der Waals surface area contributed by atoms with Gasteiger partial charge in [-0.1, -0.05) is 35.3 Å². The van der Waals surface area contributed by atoms with Crippen molar-refractivity contribution < 1.29 is 9.90 Å². The van der Waals surface area contributed by atoms with Crippen molar-refractivity contribution in [3.05, 3.63) is 69.7 Å². The largest absolute Gasteiger partial charge is 0.393 e. The second-order valence-corrected chi connectivity index (χ2v) is 6.95. The maximum atomic E-state index is 12.3. The molecule has 1 saturated heterocycles. The third-order valence-electron chi connectivity index (χ3n) is 4.35. The highest BCUT2D eigenvalue weighted by molar-refractivity contribution is 6.42. The normalized spacial score (nSPS) is 15.7. The summed E-state index contributed by atoms with van der Waals surface area (Å²) in [5.74, 6) is -0.0633. The van der Waals surface area contributed by atoms with E-state index < -0.39 is 0 Å². The molecule has 2 aromatic rings. The predicted octanol–water partition coefficient (Wildman–Crippen LogP) is 4.85. The molecule has 0 spiro atoms. The van der Waals surface area contributed by atoms with Crippen LogP contribution in [0.4, 0.5) is 5.69 Å². The van der Waals surface area contributed by atoms with E-state index in [2.05, 4.69) is 4.90 Å². The first-order chi connectivity index (χ1) is 12.0. The number of allylic oxidation sites excluding steroid dienone is 1. The molecule has 1 fully saturated rings. The van der Waals surface area contributed by atoms with E-state index in [9.17, 15) is 9.90 Å². The van der Waals surface area contributed by atoms with Crippen molar-refractivity contribution in [2.75, 3.05) is 18.0 Å². The molecule has 0 radical (unpaired) electrons. The van der Waals surface area contributed by atoms with Crippen molar-refractivity contribution in [1.29, 1.82) is 0 Å². The molecule has 130 valence electrons. The Kier molecular flexibility index (Phi) is 5.79. The van der Waals surface area contributed by atoms with E-state index in [1.807, 2.05) is 30.3 Å². The number of carbonyl (C=O) groups is 1. The molecule has 1 heterocycles. The van der Waals surface area contributed by atoms with Gasteiger partial charge >= 0.3 is 0 Å². The summed E-state index contributed by atoms with van der Waals surface area (Å²) in [6.07, 6.45) is 4.64. The lowest BCUT2D eigenvalue weighted by Gasteiger charge is -2.31. The first kappa shape index (κ1) is 18.0. The van der Waals surface area contributed by atoms with Crippen LogP contribution in [0.25, 0.3) is 6.08 Å². The summed E-state index contributed by atoms with van der Waals surface area (Å²) < 4.78 is 0. The van der Waals surface area contributed by atoms with Crippen LogP contribution >= 0.6 is 23.2 Å². The van der Waals surface area contributed by atoms with Gasteiger partial charge in [0.05, 0.1) is 16.1 Å². The monoisotopic (exact) mass is 375 g/mol. The van der Waals surface area contributed by atoms with E-state index in [0.717, 1.165) is 37.2 Å². The SMILES string of the molecule is O=C(C=Cc1ccc(Cl)c(Cl)c1)c1ccc(N2CCC(O)CC2)cc1. The number of piperidine rings is 1. The van der Waals surface area contributed by atoms with E-state index in [-0.39, 0.29) is 11.9 Å². The van der Waals surface area contributed by atoms with Crippen molar-refractivity contribution in [3.8, 4) is 0 Å². The van der Waals surface area contributed by atoms with Crippen LogP contribution < -0.4 is 4.90 Å². The number of rotatable bonds is 4. The van der Waals surface area contributed by atoms with E-state index in [1.165, 1.54) is 6.08 Å². The smallest absolute Gasteiger partial charge is 0.185 e. The quantitative estimate of drug-likeness (QED) is 0.613. The van der Waals surface area contributed by atoms with Crippen LogP contribution in [0.1, 0.15) is 28.8 Å². The number of ketones is 1. The summed E-state index contributed by atoms with van der Waals surface area (Å²) in [5, 5.41) is 10.5. The average Bonchev–Trinajstić information content (AvgIpc) is 2.63. The molecular weight excluding hydrogens is 357 g/mol. The van der Waals surface area contributed by atoms with Crippen molar-refractivity contribution in [2.45, 2.75) is 18.9 Å². The van der Waals surface area contributed by atoms with Crippen LogP contribution in [0.3, 0.4) is 0 Å². The van der Waals surface area contributed by atoms with E-state index in [1.54, 1.807) is 18.2 Å². The lowest BCUT2D eigenvalue weighted by atomic mass is 10.1. The fourth-order valence-corrected chi connectivity index (χ4v) is 3.15. The fourth-order valence-electron chi connectivity index (χ4n) is 2.84. The lowest BCUT2D eigenvalue weighted by Crippen LogP contribution is -2.35. The summed E-state index contributed by atoms with van der Waals surface area (Å²) in [7, 11) is 0. The number of nitrogens with zero attached hydrogens (tertiary/aromatic N) is 1. The topological polar surface area (TPSA) is 40.5 Å². The molecule has 1 aliphatic rings. The second kappa shape index (κ2) is 8.05. The molecule has 0 amide bonds. The van der Waals surface area contributed by atoms with E-state index >= 15 is 0 Å². The highest BCUT2D eigenvalue weighted by Crippen LogP contribution is 2.24. The van der Waals surface area contributed by atoms with Crippen molar-refractivity contribution >= 4 is 40.7 Å². The molecule has 1 N–H and O–H groups in total. The number of anilines is 1. The Morgan fingerprint density at radius 3 is 2.36 bits per heavy atom. The summed E-state index contributed by atoms with van der Waals surface area (Å²) in [6.45, 7) is 1.68. The van der Waals surface area contributed by atoms with Crippen LogP contribution in [0.15, 0.2) is 48.5 Å². The molecule has 5 heteroatoms. The molecule has 1 aliphatic heterocycles. The zero-order chi connectivity index (χ0) is 17.8. The molecular formula is C20H19Cl2NO2. The highest BCUT2D eigenvalue weighted by Gasteiger charge is 2.17. The molecule has 0 aliphatic carbocycles. The zero-order valence-corrected chi connectivity index (χ0v) is 15.2. The Balaban J connectivity index is 1.66. The van der Waals surface area contributed by atoms with Gasteiger partial charge in [0.2, 0.25) is 0 Å². The Morgan fingerprint density at radius 2 is 1.72 bits per heavy atom. The lowest BCUT2D eigenvalue weighted by molar-refractivity contribution is 0.104. The van der Waals surface area contributed by atoms with Crippen molar-refractivity contribution in [3.63, 3.8) is 0 Å². The fraction of sp³-hybridized carbons (Fsp3) is 0.250. The third kappa shape index (κ3) is 4.63. The van der Waals surface area contributed by atoms with Gasteiger partial charge in [-0.25, -0.2) is 0 Å². The molecule has 0 atom stereocenters. The van der Waals surface area contributed by atoms with Gasteiger partial charge in [0.15, 0.2) is 5.78 Å². The van der Waals surface area contributed by atoms with Crippen LogP contribution in [-0.4, -0.2) is 30.1 Å². The number of carbonyl (C=O) groups excluding carboxylic acids is 1. The minimum Gasteiger partial charge on any atom is -0.393 e. The van der Waals surface area contributed by atoms with Crippen molar-refractivity contribution in [1.82, 2.24) is 0 Å². The first-order valence-electron chi connectivity index (χ1n) is 8.23.